The van der Waals surface area contributed by atoms with Crippen molar-refractivity contribution in [1.82, 2.24) is 4.90 Å². The Balaban J connectivity index is 1.78. The van der Waals surface area contributed by atoms with Crippen LogP contribution in [0.3, 0.4) is 0 Å². The van der Waals surface area contributed by atoms with Crippen LogP contribution in [0.25, 0.3) is 0 Å². The molecule has 142 valence electrons. The second-order valence-corrected chi connectivity index (χ2v) is 14.6. The van der Waals surface area contributed by atoms with Crippen LogP contribution in [0, 0.1) is 0 Å². The fourth-order valence-corrected chi connectivity index (χ4v) is 8.16. The molecule has 2 aliphatic rings. The third-order valence-electron chi connectivity index (χ3n) is 4.06. The van der Waals surface area contributed by atoms with E-state index in [0.717, 1.165) is 4.46 Å². The van der Waals surface area contributed by atoms with E-state index < -0.39 is 24.3 Å². The number of esters is 1. The van der Waals surface area contributed by atoms with E-state index in [-0.39, 0.29) is 32.8 Å². The molecule has 2 fully saturated rings. The summed E-state index contributed by atoms with van der Waals surface area (Å²) < 4.78 is 2.89. The average molecular weight is 522 g/mol. The van der Waals surface area contributed by atoms with Gasteiger partial charge in [-0.25, -0.2) is 0 Å². The first kappa shape index (κ1) is 20.9. The quantitative estimate of drug-likeness (QED) is 0.264. The minimum atomic E-state index is -1.70. The van der Waals surface area contributed by atoms with Crippen molar-refractivity contribution in [1.29, 1.82) is 0 Å². The number of halogens is 4. The van der Waals surface area contributed by atoms with Crippen LogP contribution in [-0.4, -0.2) is 62.1 Å². The molecule has 0 bridgehead atoms. The first-order chi connectivity index (χ1) is 12.0. The van der Waals surface area contributed by atoms with Crippen molar-refractivity contribution in [3.63, 3.8) is 0 Å². The maximum atomic E-state index is 12.9. The fraction of sp³-hybridized carbons (Fsp3) is 0.500. The number of carbonyl (C=O) groups excluding carboxylic acids is 2. The zero-order chi connectivity index (χ0) is 19.3. The summed E-state index contributed by atoms with van der Waals surface area (Å²) >= 11 is 24.9. The molecule has 0 saturated carbocycles. The van der Waals surface area contributed by atoms with Gasteiger partial charge in [0.2, 0.25) is 0 Å². The van der Waals surface area contributed by atoms with Gasteiger partial charge in [0.15, 0.2) is 0 Å². The van der Waals surface area contributed by atoms with Gasteiger partial charge >= 0.3 is 183 Å². The summed E-state index contributed by atoms with van der Waals surface area (Å²) in [6.07, 6.45) is 0. The SMILES string of the molecule is CC1(C)S[C@H]2N(C(=O)[C@@]2(Cl)[Se]c2ccccc2)[C@H]1C(=O)OCC(Cl)(Cl)Cl. The molecule has 0 aromatic heterocycles. The number of benzene rings is 1. The van der Waals surface area contributed by atoms with Crippen molar-refractivity contribution in [3.05, 3.63) is 30.3 Å². The Bertz CT molecular complexity index is 730. The van der Waals surface area contributed by atoms with Crippen LogP contribution in [-0.2, 0) is 14.3 Å². The van der Waals surface area contributed by atoms with Crippen molar-refractivity contribution >= 4 is 89.5 Å². The van der Waals surface area contributed by atoms with Crippen molar-refractivity contribution in [3.8, 4) is 0 Å². The molecular formula is C16H15Cl4NO3SSe. The zero-order valence-corrected chi connectivity index (χ0v) is 19.3. The molecule has 2 aliphatic heterocycles. The molecule has 1 aromatic rings. The second kappa shape index (κ2) is 7.22. The van der Waals surface area contributed by atoms with Crippen LogP contribution in [0.1, 0.15) is 13.8 Å². The number of amides is 1. The summed E-state index contributed by atoms with van der Waals surface area (Å²) in [7, 11) is 0. The van der Waals surface area contributed by atoms with Gasteiger partial charge in [-0.2, -0.15) is 0 Å². The van der Waals surface area contributed by atoms with Gasteiger partial charge in [-0.05, 0) is 0 Å². The second-order valence-electron chi connectivity index (χ2n) is 6.47. The number of alkyl halides is 4. The van der Waals surface area contributed by atoms with Gasteiger partial charge in [-0.1, -0.05) is 0 Å². The third-order valence-corrected chi connectivity index (χ3v) is 9.78. The molecule has 2 saturated heterocycles. The number of nitrogens with zero attached hydrogens (tertiary/aromatic N) is 1. The van der Waals surface area contributed by atoms with Gasteiger partial charge in [0, 0.05) is 0 Å². The van der Waals surface area contributed by atoms with E-state index in [1.807, 2.05) is 44.2 Å². The summed E-state index contributed by atoms with van der Waals surface area (Å²) in [5.41, 5.74) is 0. The van der Waals surface area contributed by atoms with E-state index in [2.05, 4.69) is 0 Å². The van der Waals surface area contributed by atoms with Gasteiger partial charge < -0.3 is 0 Å². The third kappa shape index (κ3) is 3.84. The molecule has 2 heterocycles. The fourth-order valence-electron chi connectivity index (χ4n) is 2.96. The van der Waals surface area contributed by atoms with Gasteiger partial charge in [0.1, 0.15) is 0 Å². The van der Waals surface area contributed by atoms with Crippen molar-refractivity contribution < 1.29 is 14.3 Å². The number of fused-ring (bicyclic) bond motifs is 1. The first-order valence-corrected chi connectivity index (χ1v) is 11.7. The van der Waals surface area contributed by atoms with E-state index in [4.69, 9.17) is 51.1 Å². The number of thioether (sulfide) groups is 1. The van der Waals surface area contributed by atoms with Gasteiger partial charge in [-0.3, -0.25) is 0 Å². The summed E-state index contributed by atoms with van der Waals surface area (Å²) in [5, 5.41) is -0.294. The molecule has 26 heavy (non-hydrogen) atoms. The summed E-state index contributed by atoms with van der Waals surface area (Å²) in [6, 6.07) is 8.90. The van der Waals surface area contributed by atoms with E-state index in [9.17, 15) is 9.59 Å². The van der Waals surface area contributed by atoms with Gasteiger partial charge in [0.05, 0.1) is 0 Å². The van der Waals surface area contributed by atoms with Crippen molar-refractivity contribution in [2.45, 2.75) is 37.6 Å². The zero-order valence-electron chi connectivity index (χ0n) is 13.7. The maximum absolute atomic E-state index is 12.9. The molecular weight excluding hydrogens is 507 g/mol. The van der Waals surface area contributed by atoms with E-state index in [1.54, 1.807) is 0 Å². The van der Waals surface area contributed by atoms with Crippen LogP contribution in [0.5, 0.6) is 0 Å². The number of ether oxygens (including phenoxy) is 1. The summed E-state index contributed by atoms with van der Waals surface area (Å²) in [4.78, 5) is 27.0. The summed E-state index contributed by atoms with van der Waals surface area (Å²) in [5.74, 6) is -0.836. The van der Waals surface area contributed by atoms with Crippen molar-refractivity contribution in [2.24, 2.45) is 0 Å². The minimum absolute atomic E-state index is 0.248. The van der Waals surface area contributed by atoms with Crippen LogP contribution >= 0.6 is 58.2 Å². The molecule has 0 aliphatic carbocycles. The summed E-state index contributed by atoms with van der Waals surface area (Å²) in [6.45, 7) is 3.40. The molecule has 4 nitrogen and oxygen atoms in total. The number of carbonyl (C=O) groups is 2. The molecule has 0 unspecified atom stereocenters. The van der Waals surface area contributed by atoms with Crippen LogP contribution in [0.4, 0.5) is 0 Å². The Hall–Kier alpha value is 0.189. The van der Waals surface area contributed by atoms with E-state index >= 15 is 0 Å². The standard InChI is InChI=1S/C16H15Cl4NO3SSe/c1-14(2)10(11(22)24-8-15(17,18)19)21-12(23)16(20,13(21)25-14)26-9-6-4-3-5-7-9/h3-7,10,13H,8H2,1-2H3/t10-,13+,16+/m0/s1. The van der Waals surface area contributed by atoms with Crippen molar-refractivity contribution in [2.75, 3.05) is 6.61 Å². The average Bonchev–Trinajstić information content (AvgIpc) is 2.82. The molecule has 0 spiro atoms. The Morgan fingerprint density at radius 2 is 1.92 bits per heavy atom. The Kier molecular flexibility index (Phi) is 5.81. The normalized spacial score (nSPS) is 29.9. The monoisotopic (exact) mass is 521 g/mol. The molecule has 0 radical (unpaired) electrons. The first-order valence-electron chi connectivity index (χ1n) is 7.63. The number of rotatable bonds is 4. The molecule has 3 atom stereocenters. The van der Waals surface area contributed by atoms with Crippen LogP contribution < -0.4 is 4.46 Å². The van der Waals surface area contributed by atoms with E-state index in [0.29, 0.717) is 0 Å². The van der Waals surface area contributed by atoms with Gasteiger partial charge in [-0.15, -0.1) is 0 Å². The van der Waals surface area contributed by atoms with Gasteiger partial charge in [0.25, 0.3) is 0 Å². The Morgan fingerprint density at radius 3 is 2.50 bits per heavy atom. The van der Waals surface area contributed by atoms with Crippen LogP contribution in [0.2, 0.25) is 0 Å². The predicted octanol–water partition coefficient (Wildman–Crippen LogP) is 2.93. The Labute approximate surface area is 182 Å². The predicted molar refractivity (Wildman–Crippen MR) is 108 cm³/mol. The van der Waals surface area contributed by atoms with E-state index in [1.165, 1.54) is 16.7 Å². The number of hydrogen-bond donors (Lipinski definition) is 0. The molecule has 1 amide bonds. The number of hydrogen-bond acceptors (Lipinski definition) is 4. The molecule has 10 heteroatoms. The molecule has 3 rings (SSSR count). The molecule has 0 N–H and O–H groups in total. The molecule has 1 aromatic carbocycles. The topological polar surface area (TPSA) is 46.6 Å². The Morgan fingerprint density at radius 1 is 1.31 bits per heavy atom. The number of β-lactam (4-membered cyclic amide) rings is 1. The van der Waals surface area contributed by atoms with Crippen LogP contribution in [0.15, 0.2) is 30.3 Å².